The van der Waals surface area contributed by atoms with Gasteiger partial charge in [0.25, 0.3) is 0 Å². The lowest BCUT2D eigenvalue weighted by atomic mass is 9.65. The van der Waals surface area contributed by atoms with Crippen LogP contribution in [0.1, 0.15) is 18.4 Å². The Balaban J connectivity index is 2.49. The number of aromatic nitrogens is 1. The molecule has 1 saturated carbocycles. The summed E-state index contributed by atoms with van der Waals surface area (Å²) in [6, 6.07) is 3.52. The smallest absolute Gasteiger partial charge is 0.217 e. The fourth-order valence-corrected chi connectivity index (χ4v) is 2.04. The Morgan fingerprint density at radius 2 is 2.27 bits per heavy atom. The number of hydrogen-bond acceptors (Lipinski definition) is 3. The summed E-state index contributed by atoms with van der Waals surface area (Å²) < 4.78 is 14.0. The second kappa shape index (κ2) is 3.38. The number of nitrogens with zero attached hydrogens (tertiary/aromatic N) is 2. The standard InChI is InChI=1S/C10H6BrFN2O/c11-6-1-8(9(12)14-4-6)10(5-13)2-7(15)3-10/h1,4H,2-3H2. The molecule has 0 bridgehead atoms. The van der Waals surface area contributed by atoms with E-state index >= 15 is 0 Å². The maximum atomic E-state index is 13.4. The lowest BCUT2D eigenvalue weighted by molar-refractivity contribution is -0.126. The Labute approximate surface area is 94.1 Å². The summed E-state index contributed by atoms with van der Waals surface area (Å²) >= 11 is 3.16. The predicted molar refractivity (Wildman–Crippen MR) is 53.4 cm³/mol. The number of rotatable bonds is 1. The lowest BCUT2D eigenvalue weighted by Gasteiger charge is -2.33. The van der Waals surface area contributed by atoms with Gasteiger partial charge in [-0.2, -0.15) is 9.65 Å². The van der Waals surface area contributed by atoms with Crippen molar-refractivity contribution in [1.82, 2.24) is 4.98 Å². The molecule has 1 aliphatic carbocycles. The van der Waals surface area contributed by atoms with E-state index in [9.17, 15) is 9.18 Å². The summed E-state index contributed by atoms with van der Waals surface area (Å²) in [7, 11) is 0. The molecule has 0 N–H and O–H groups in total. The SMILES string of the molecule is N#CC1(c2cc(Br)cnc2F)CC(=O)C1. The second-order valence-corrected chi connectivity index (χ2v) is 4.49. The van der Waals surface area contributed by atoms with Crippen LogP contribution in [0.4, 0.5) is 4.39 Å². The first-order valence-electron chi connectivity index (χ1n) is 4.32. The van der Waals surface area contributed by atoms with Crippen LogP contribution in [0.2, 0.25) is 0 Å². The summed E-state index contributed by atoms with van der Waals surface area (Å²) in [5.41, 5.74) is -0.795. The maximum absolute atomic E-state index is 13.4. The van der Waals surface area contributed by atoms with Crippen molar-refractivity contribution >= 4 is 21.7 Å². The summed E-state index contributed by atoms with van der Waals surface area (Å²) in [5.74, 6) is -0.692. The largest absolute Gasteiger partial charge is 0.300 e. The molecule has 0 atom stereocenters. The average Bonchev–Trinajstić information content (AvgIpc) is 2.17. The Morgan fingerprint density at radius 1 is 1.60 bits per heavy atom. The lowest BCUT2D eigenvalue weighted by Crippen LogP contribution is -2.41. The number of nitriles is 1. The minimum Gasteiger partial charge on any atom is -0.300 e. The van der Waals surface area contributed by atoms with Gasteiger partial charge in [0, 0.05) is 29.1 Å². The molecule has 0 aromatic carbocycles. The number of carbonyl (C=O) groups is 1. The van der Waals surface area contributed by atoms with Gasteiger partial charge in [0.2, 0.25) is 5.95 Å². The molecule has 1 fully saturated rings. The van der Waals surface area contributed by atoms with Gasteiger partial charge in [-0.05, 0) is 22.0 Å². The molecule has 1 heterocycles. The molecule has 5 heteroatoms. The summed E-state index contributed by atoms with van der Waals surface area (Å²) in [5, 5.41) is 9.01. The molecule has 3 nitrogen and oxygen atoms in total. The van der Waals surface area contributed by atoms with Gasteiger partial charge in [0.15, 0.2) is 0 Å². The van der Waals surface area contributed by atoms with Gasteiger partial charge in [-0.1, -0.05) is 0 Å². The third-order valence-corrected chi connectivity index (χ3v) is 2.97. The maximum Gasteiger partial charge on any atom is 0.217 e. The highest BCUT2D eigenvalue weighted by molar-refractivity contribution is 9.10. The first kappa shape index (κ1) is 10.2. The highest BCUT2D eigenvalue weighted by Crippen LogP contribution is 2.42. The average molecular weight is 269 g/mol. The minimum atomic E-state index is -1.00. The molecule has 0 aliphatic heterocycles. The van der Waals surface area contributed by atoms with Crippen LogP contribution < -0.4 is 0 Å². The van der Waals surface area contributed by atoms with Crippen LogP contribution in [-0.2, 0) is 10.2 Å². The normalized spacial score (nSPS) is 18.1. The van der Waals surface area contributed by atoms with Crippen LogP contribution in [-0.4, -0.2) is 10.8 Å². The topological polar surface area (TPSA) is 53.8 Å². The molecule has 0 saturated heterocycles. The number of carbonyl (C=O) groups excluding carboxylic acids is 1. The molecule has 1 aromatic heterocycles. The quantitative estimate of drug-likeness (QED) is 0.733. The van der Waals surface area contributed by atoms with E-state index in [1.807, 2.05) is 6.07 Å². The fraction of sp³-hybridized carbons (Fsp3) is 0.300. The molecule has 2 rings (SSSR count). The zero-order valence-electron chi connectivity index (χ0n) is 7.63. The van der Waals surface area contributed by atoms with E-state index in [-0.39, 0.29) is 24.2 Å². The molecular formula is C10H6BrFN2O. The molecular weight excluding hydrogens is 263 g/mol. The monoisotopic (exact) mass is 268 g/mol. The van der Waals surface area contributed by atoms with Gasteiger partial charge < -0.3 is 0 Å². The van der Waals surface area contributed by atoms with Crippen molar-refractivity contribution in [3.8, 4) is 6.07 Å². The molecule has 0 radical (unpaired) electrons. The van der Waals surface area contributed by atoms with Crippen molar-refractivity contribution < 1.29 is 9.18 Å². The van der Waals surface area contributed by atoms with Gasteiger partial charge >= 0.3 is 0 Å². The molecule has 1 aliphatic rings. The van der Waals surface area contributed by atoms with Gasteiger partial charge in [-0.3, -0.25) is 4.79 Å². The number of halogens is 2. The second-order valence-electron chi connectivity index (χ2n) is 3.58. The third kappa shape index (κ3) is 1.55. The summed E-state index contributed by atoms with van der Waals surface area (Å²) in [4.78, 5) is 14.5. The first-order valence-corrected chi connectivity index (χ1v) is 5.11. The Morgan fingerprint density at radius 3 is 2.80 bits per heavy atom. The van der Waals surface area contributed by atoms with Crippen LogP contribution in [0, 0.1) is 17.3 Å². The van der Waals surface area contributed by atoms with Crippen LogP contribution in [0.5, 0.6) is 0 Å². The number of hydrogen-bond donors (Lipinski definition) is 0. The zero-order valence-corrected chi connectivity index (χ0v) is 9.21. The van der Waals surface area contributed by atoms with E-state index in [1.165, 1.54) is 12.3 Å². The van der Waals surface area contributed by atoms with Crippen molar-refractivity contribution in [2.75, 3.05) is 0 Å². The van der Waals surface area contributed by atoms with Gasteiger partial charge in [0.1, 0.15) is 11.2 Å². The third-order valence-electron chi connectivity index (χ3n) is 2.53. The Hall–Kier alpha value is -1.28. The van der Waals surface area contributed by atoms with E-state index in [4.69, 9.17) is 5.26 Å². The van der Waals surface area contributed by atoms with E-state index in [1.54, 1.807) is 0 Å². The number of Topliss-reactive ketones (excluding diaryl/α,β-unsaturated/α-hetero) is 1. The van der Waals surface area contributed by atoms with Crippen LogP contribution in [0.15, 0.2) is 16.7 Å². The summed E-state index contributed by atoms with van der Waals surface area (Å²) in [6.45, 7) is 0. The van der Waals surface area contributed by atoms with E-state index in [0.29, 0.717) is 4.47 Å². The van der Waals surface area contributed by atoms with Crippen molar-refractivity contribution in [1.29, 1.82) is 5.26 Å². The van der Waals surface area contributed by atoms with Crippen molar-refractivity contribution in [2.45, 2.75) is 18.3 Å². The first-order chi connectivity index (χ1) is 7.07. The molecule has 15 heavy (non-hydrogen) atoms. The molecule has 0 amide bonds. The molecule has 0 spiro atoms. The molecule has 0 unspecified atom stereocenters. The number of ketones is 1. The predicted octanol–water partition coefficient (Wildman–Crippen LogP) is 2.11. The van der Waals surface area contributed by atoms with Crippen LogP contribution in [0.25, 0.3) is 0 Å². The molecule has 76 valence electrons. The van der Waals surface area contributed by atoms with Crippen LogP contribution in [0.3, 0.4) is 0 Å². The zero-order chi connectivity index (χ0) is 11.1. The Bertz CT molecular complexity index is 473. The summed E-state index contributed by atoms with van der Waals surface area (Å²) in [6.07, 6.45) is 1.49. The Kier molecular flexibility index (Phi) is 2.31. The fourth-order valence-electron chi connectivity index (χ4n) is 1.71. The van der Waals surface area contributed by atoms with Crippen molar-refractivity contribution in [2.24, 2.45) is 0 Å². The number of pyridine rings is 1. The highest BCUT2D eigenvalue weighted by atomic mass is 79.9. The minimum absolute atomic E-state index is 0.0177. The van der Waals surface area contributed by atoms with E-state index in [2.05, 4.69) is 20.9 Å². The van der Waals surface area contributed by atoms with Crippen molar-refractivity contribution in [3.05, 3.63) is 28.2 Å². The van der Waals surface area contributed by atoms with E-state index < -0.39 is 11.4 Å². The van der Waals surface area contributed by atoms with Crippen LogP contribution >= 0.6 is 15.9 Å². The highest BCUT2D eigenvalue weighted by Gasteiger charge is 2.47. The van der Waals surface area contributed by atoms with Gasteiger partial charge in [-0.15, -0.1) is 0 Å². The van der Waals surface area contributed by atoms with Gasteiger partial charge in [0.05, 0.1) is 6.07 Å². The molecule has 1 aromatic rings. The van der Waals surface area contributed by atoms with Gasteiger partial charge in [-0.25, -0.2) is 4.98 Å². The van der Waals surface area contributed by atoms with Crippen molar-refractivity contribution in [3.63, 3.8) is 0 Å². The van der Waals surface area contributed by atoms with E-state index in [0.717, 1.165) is 0 Å².